The first kappa shape index (κ1) is 42.8. The molecule has 1 aromatic carbocycles. The van der Waals surface area contributed by atoms with Crippen molar-refractivity contribution in [3.05, 3.63) is 77.1 Å². The number of carbonyl (C=O) groups excluding carboxylic acids is 3. The summed E-state index contributed by atoms with van der Waals surface area (Å²) >= 11 is 6.58. The number of rotatable bonds is 12. The number of aliphatic carboxylic acids is 1. The third-order valence-corrected chi connectivity index (χ3v) is 12.5. The molecule has 0 radical (unpaired) electrons. The number of carbonyl (C=O) groups is 4. The Balaban J connectivity index is 0.889. The molecule has 21 heteroatoms. The number of pyridine rings is 1. The topological polar surface area (TPSA) is 199 Å². The number of hydrogen-bond acceptors (Lipinski definition) is 9. The molecule has 0 unspecified atom stereocenters. The molecule has 62 heavy (non-hydrogen) atoms. The summed E-state index contributed by atoms with van der Waals surface area (Å²) in [6.45, 7) is 6.19. The molecule has 5 aromatic rings. The Morgan fingerprint density at radius 2 is 1.76 bits per heavy atom. The highest BCUT2D eigenvalue weighted by Gasteiger charge is 2.43. The number of nitrogens with one attached hydrogen (secondary N) is 2. The molecule has 0 spiro atoms. The van der Waals surface area contributed by atoms with E-state index in [9.17, 15) is 37.5 Å². The van der Waals surface area contributed by atoms with E-state index in [1.54, 1.807) is 34.2 Å². The van der Waals surface area contributed by atoms with Crippen molar-refractivity contribution in [2.75, 3.05) is 77.3 Å². The number of hydrogen-bond donors (Lipinski definition) is 4. The molecule has 0 atom stereocenters. The molecule has 3 amide bonds. The molecule has 0 bridgehead atoms. The van der Waals surface area contributed by atoms with E-state index in [1.807, 2.05) is 4.57 Å². The van der Waals surface area contributed by atoms with Crippen LogP contribution < -0.4 is 16.4 Å². The number of piperidine rings is 1. The van der Waals surface area contributed by atoms with Gasteiger partial charge in [-0.15, -0.1) is 0 Å². The standard InChI is InChI=1S/C41H46ClF3N12O5/c1-52-33(29-22-56(51-36(29)41(43,44)45)34-5-4-32-31(50-34)6-10-53(32)11-9-46)21-48-37(52)38(60)49-27-2-3-28(30(42)18-27)40(62)55-14-12-54(13-15-55)39(61)26-7-16-57(17-8-26,24-35(58)59)23-25-19-47-20-25/h2-6,10,18,21-22,25-26,47H,7-9,11-17,19-20,23-24,46H2,1H3,(H-,49,58,59,60,62)/p+1. The molecular weight excluding hydrogens is 833 g/mol. The van der Waals surface area contributed by atoms with E-state index in [2.05, 4.69) is 25.7 Å². The summed E-state index contributed by atoms with van der Waals surface area (Å²) < 4.78 is 47.7. The number of nitrogens with zero attached hydrogens (tertiary/aromatic N) is 9. The summed E-state index contributed by atoms with van der Waals surface area (Å²) in [5.41, 5.74) is 5.92. The molecule has 3 fully saturated rings. The van der Waals surface area contributed by atoms with Crippen LogP contribution in [0.3, 0.4) is 0 Å². The highest BCUT2D eigenvalue weighted by molar-refractivity contribution is 6.34. The average Bonchev–Trinajstić information content (AvgIpc) is 3.96. The maximum Gasteiger partial charge on any atom is 0.435 e. The van der Waals surface area contributed by atoms with Gasteiger partial charge < -0.3 is 44.9 Å². The van der Waals surface area contributed by atoms with Crippen molar-refractivity contribution in [3.63, 3.8) is 0 Å². The van der Waals surface area contributed by atoms with Crippen LogP contribution in [-0.2, 0) is 29.4 Å². The van der Waals surface area contributed by atoms with Gasteiger partial charge in [-0.3, -0.25) is 14.4 Å². The van der Waals surface area contributed by atoms with Crippen LogP contribution in [0.15, 0.2) is 55.0 Å². The maximum absolute atomic E-state index is 14.4. The number of piperazine rings is 1. The van der Waals surface area contributed by atoms with E-state index in [0.29, 0.717) is 81.1 Å². The number of amides is 3. The smallest absolute Gasteiger partial charge is 0.435 e. The molecule has 3 aliphatic heterocycles. The molecule has 8 rings (SSSR count). The summed E-state index contributed by atoms with van der Waals surface area (Å²) in [6.07, 6.45) is 0.556. The lowest BCUT2D eigenvalue weighted by molar-refractivity contribution is -0.929. The average molecular weight is 880 g/mol. The number of imidazole rings is 1. The summed E-state index contributed by atoms with van der Waals surface area (Å²) in [4.78, 5) is 64.3. The molecule has 0 aliphatic carbocycles. The van der Waals surface area contributed by atoms with Crippen LogP contribution in [-0.4, -0.2) is 144 Å². The van der Waals surface area contributed by atoms with Crippen molar-refractivity contribution in [1.82, 2.24) is 44.0 Å². The zero-order valence-electron chi connectivity index (χ0n) is 33.9. The Morgan fingerprint density at radius 1 is 1.03 bits per heavy atom. The predicted octanol–water partition coefficient (Wildman–Crippen LogP) is 3.32. The van der Waals surface area contributed by atoms with Crippen molar-refractivity contribution in [1.29, 1.82) is 0 Å². The van der Waals surface area contributed by atoms with Gasteiger partial charge in [0.1, 0.15) is 0 Å². The molecule has 5 N–H and O–H groups in total. The largest absolute Gasteiger partial charge is 0.477 e. The number of carboxylic acids is 1. The van der Waals surface area contributed by atoms with Gasteiger partial charge in [0.05, 0.1) is 58.7 Å². The number of carboxylic acid groups (broad SMARTS) is 1. The minimum atomic E-state index is -4.84. The van der Waals surface area contributed by atoms with Gasteiger partial charge in [0.15, 0.2) is 23.9 Å². The van der Waals surface area contributed by atoms with Gasteiger partial charge in [0, 0.05) is 102 Å². The molecule has 328 valence electrons. The molecular formula is C41H47ClF3N12O5+. The SMILES string of the molecule is Cn1c(-c2cn(-c3ccc4c(ccn4CCN)n3)nc2C(F)(F)F)cnc1C(=O)Nc1ccc(C(=O)N2CCN(C(=O)C3CC[N+](CC(=O)O)(CC4CNC4)CC3)CC2)c(Cl)c1. The van der Waals surface area contributed by atoms with Crippen LogP contribution in [0.25, 0.3) is 28.1 Å². The Bertz CT molecular complexity index is 2520. The monoisotopic (exact) mass is 879 g/mol. The first-order valence-corrected chi connectivity index (χ1v) is 20.8. The second-order valence-corrected chi connectivity index (χ2v) is 16.7. The van der Waals surface area contributed by atoms with Gasteiger partial charge in [0.2, 0.25) is 5.91 Å². The molecule has 4 aromatic heterocycles. The number of nitrogens with two attached hydrogens (primary N) is 1. The quantitative estimate of drug-likeness (QED) is 0.135. The van der Waals surface area contributed by atoms with Crippen LogP contribution in [0, 0.1) is 11.8 Å². The van der Waals surface area contributed by atoms with Crippen LogP contribution in [0.5, 0.6) is 0 Å². The second-order valence-electron chi connectivity index (χ2n) is 16.3. The summed E-state index contributed by atoms with van der Waals surface area (Å²) in [5.74, 6) is -1.63. The first-order valence-electron chi connectivity index (χ1n) is 20.4. The van der Waals surface area contributed by atoms with Crippen molar-refractivity contribution in [3.8, 4) is 17.1 Å². The van der Waals surface area contributed by atoms with Crippen LogP contribution in [0.1, 0.15) is 39.5 Å². The fraction of sp³-hybridized carbons (Fsp3) is 0.439. The predicted molar refractivity (Wildman–Crippen MR) is 221 cm³/mol. The van der Waals surface area contributed by atoms with Crippen molar-refractivity contribution in [2.45, 2.75) is 25.6 Å². The third kappa shape index (κ3) is 8.64. The Labute approximate surface area is 358 Å². The lowest BCUT2D eigenvalue weighted by Crippen LogP contribution is -2.62. The third-order valence-electron chi connectivity index (χ3n) is 12.2. The number of halogens is 4. The van der Waals surface area contributed by atoms with Crippen LogP contribution in [0.4, 0.5) is 18.9 Å². The van der Waals surface area contributed by atoms with Crippen molar-refractivity contribution >= 4 is 52.0 Å². The molecule has 3 aliphatic rings. The van der Waals surface area contributed by atoms with E-state index in [-0.39, 0.29) is 63.5 Å². The molecule has 17 nitrogen and oxygen atoms in total. The maximum atomic E-state index is 14.4. The van der Waals surface area contributed by atoms with E-state index in [0.717, 1.165) is 36.0 Å². The highest BCUT2D eigenvalue weighted by atomic mass is 35.5. The minimum Gasteiger partial charge on any atom is -0.477 e. The van der Waals surface area contributed by atoms with Gasteiger partial charge >= 0.3 is 12.1 Å². The van der Waals surface area contributed by atoms with E-state index < -0.39 is 23.7 Å². The fourth-order valence-electron chi connectivity index (χ4n) is 8.88. The van der Waals surface area contributed by atoms with Gasteiger partial charge in [-0.1, -0.05) is 11.6 Å². The lowest BCUT2D eigenvalue weighted by Gasteiger charge is -2.46. The number of alkyl halides is 3. The van der Waals surface area contributed by atoms with Crippen LogP contribution in [0.2, 0.25) is 5.02 Å². The van der Waals surface area contributed by atoms with E-state index in [1.165, 1.54) is 36.0 Å². The zero-order chi connectivity index (χ0) is 43.9. The first-order chi connectivity index (χ1) is 29.6. The fourth-order valence-corrected chi connectivity index (χ4v) is 9.14. The summed E-state index contributed by atoms with van der Waals surface area (Å²) in [7, 11) is 1.41. The van der Waals surface area contributed by atoms with Gasteiger partial charge in [0.25, 0.3) is 11.8 Å². The second kappa shape index (κ2) is 17.1. The van der Waals surface area contributed by atoms with E-state index >= 15 is 0 Å². The molecule has 7 heterocycles. The summed E-state index contributed by atoms with van der Waals surface area (Å²) in [6, 6.07) is 9.42. The Kier molecular flexibility index (Phi) is 11.8. The normalized spacial score (nSPS) is 19.7. The molecule has 0 saturated carbocycles. The Hall–Kier alpha value is -5.83. The zero-order valence-corrected chi connectivity index (χ0v) is 34.7. The summed E-state index contributed by atoms with van der Waals surface area (Å²) in [5, 5.41) is 19.4. The number of quaternary nitrogens is 1. The van der Waals surface area contributed by atoms with Crippen molar-refractivity contribution in [2.24, 2.45) is 24.6 Å². The van der Waals surface area contributed by atoms with E-state index in [4.69, 9.17) is 17.3 Å². The van der Waals surface area contributed by atoms with Gasteiger partial charge in [-0.05, 0) is 36.4 Å². The van der Waals surface area contributed by atoms with Gasteiger partial charge in [-0.25, -0.2) is 19.4 Å². The number of anilines is 1. The number of fused-ring (bicyclic) bond motifs is 1. The van der Waals surface area contributed by atoms with Crippen molar-refractivity contribution < 1.29 is 41.9 Å². The van der Waals surface area contributed by atoms with Gasteiger partial charge in [-0.2, -0.15) is 18.3 Å². The molecule has 3 saturated heterocycles. The minimum absolute atomic E-state index is 0.0161. The highest BCUT2D eigenvalue weighted by Crippen LogP contribution is 2.37. The van der Waals surface area contributed by atoms with Crippen LogP contribution >= 0.6 is 11.6 Å². The number of aromatic nitrogens is 6. The Morgan fingerprint density at radius 3 is 2.40 bits per heavy atom. The number of likely N-dealkylation sites (tertiary alicyclic amines) is 1. The number of benzene rings is 1. The lowest BCUT2D eigenvalue weighted by atomic mass is 9.90.